The smallest absolute Gasteiger partial charge is 0.230 e. The number of H-pyrrole nitrogens is 1. The number of thiazole rings is 1. The molecule has 3 aromatic rings. The fraction of sp³-hybridized carbons (Fsp3) is 0.154. The topological polar surface area (TPSA) is 53.4 Å². The standard InChI is InChI=1S/C13H12N4S/c1-8-7-18-13(14-8)17-16-12-9(2)15-11-6-4-3-5-10(11)12/h3-7,15H,1-2H3. The van der Waals surface area contributed by atoms with Crippen LogP contribution >= 0.6 is 11.3 Å². The second kappa shape index (κ2) is 4.34. The van der Waals surface area contributed by atoms with Crippen LogP contribution in [0.15, 0.2) is 39.9 Å². The Balaban J connectivity index is 2.04. The van der Waals surface area contributed by atoms with E-state index in [4.69, 9.17) is 0 Å². The van der Waals surface area contributed by atoms with Crippen LogP contribution in [0.2, 0.25) is 0 Å². The molecule has 3 rings (SSSR count). The van der Waals surface area contributed by atoms with Gasteiger partial charge >= 0.3 is 0 Å². The van der Waals surface area contributed by atoms with E-state index in [1.54, 1.807) is 0 Å². The Bertz CT molecular complexity index is 724. The van der Waals surface area contributed by atoms with Gasteiger partial charge in [-0.05, 0) is 19.9 Å². The Kier molecular flexibility index (Phi) is 2.68. The molecule has 2 heterocycles. The molecule has 0 spiro atoms. The molecule has 0 atom stereocenters. The summed E-state index contributed by atoms with van der Waals surface area (Å²) in [5.41, 5.74) is 3.97. The zero-order valence-corrected chi connectivity index (χ0v) is 11.0. The summed E-state index contributed by atoms with van der Waals surface area (Å²) >= 11 is 1.50. The van der Waals surface area contributed by atoms with Crippen LogP contribution in [0.3, 0.4) is 0 Å². The number of fused-ring (bicyclic) bond motifs is 1. The van der Waals surface area contributed by atoms with Crippen LogP contribution in [0, 0.1) is 13.8 Å². The van der Waals surface area contributed by atoms with Crippen molar-refractivity contribution in [2.24, 2.45) is 10.2 Å². The summed E-state index contributed by atoms with van der Waals surface area (Å²) in [6.07, 6.45) is 0. The number of aromatic amines is 1. The Morgan fingerprint density at radius 1 is 1.17 bits per heavy atom. The summed E-state index contributed by atoms with van der Waals surface area (Å²) in [5.74, 6) is 0. The summed E-state index contributed by atoms with van der Waals surface area (Å²) in [5, 5.41) is 12.3. The third-order valence-corrected chi connectivity index (χ3v) is 3.54. The van der Waals surface area contributed by atoms with Crippen LogP contribution in [0.4, 0.5) is 10.8 Å². The van der Waals surface area contributed by atoms with Crippen molar-refractivity contribution < 1.29 is 0 Å². The molecule has 0 aliphatic carbocycles. The van der Waals surface area contributed by atoms with Gasteiger partial charge in [0.25, 0.3) is 0 Å². The molecule has 0 aliphatic rings. The fourth-order valence-electron chi connectivity index (χ4n) is 1.87. The van der Waals surface area contributed by atoms with Crippen LogP contribution in [0.5, 0.6) is 0 Å². The van der Waals surface area contributed by atoms with Gasteiger partial charge in [-0.15, -0.1) is 21.6 Å². The molecule has 1 N–H and O–H groups in total. The average molecular weight is 256 g/mol. The number of rotatable bonds is 2. The van der Waals surface area contributed by atoms with Gasteiger partial charge in [0.15, 0.2) is 0 Å². The highest BCUT2D eigenvalue weighted by atomic mass is 32.1. The summed E-state index contributed by atoms with van der Waals surface area (Å²) < 4.78 is 0. The molecule has 0 aliphatic heterocycles. The molecule has 0 bridgehead atoms. The SMILES string of the molecule is Cc1csc(N=Nc2c(C)[nH]c3ccccc23)n1. The maximum Gasteiger partial charge on any atom is 0.230 e. The van der Waals surface area contributed by atoms with E-state index in [9.17, 15) is 0 Å². The van der Waals surface area contributed by atoms with Gasteiger partial charge in [0.1, 0.15) is 5.69 Å². The molecule has 0 saturated heterocycles. The summed E-state index contributed by atoms with van der Waals surface area (Å²) in [7, 11) is 0. The molecule has 0 amide bonds. The fourth-order valence-corrected chi connectivity index (χ4v) is 2.48. The van der Waals surface area contributed by atoms with E-state index in [0.29, 0.717) is 5.13 Å². The third kappa shape index (κ3) is 1.93. The molecule has 0 saturated carbocycles. The number of aryl methyl sites for hydroxylation is 2. The molecule has 1 aromatic carbocycles. The predicted octanol–water partition coefficient (Wildman–Crippen LogP) is 4.66. The van der Waals surface area contributed by atoms with Gasteiger partial charge in [0, 0.05) is 22.0 Å². The van der Waals surface area contributed by atoms with Crippen molar-refractivity contribution in [2.45, 2.75) is 13.8 Å². The van der Waals surface area contributed by atoms with Gasteiger partial charge in [-0.25, -0.2) is 4.98 Å². The Morgan fingerprint density at radius 3 is 2.78 bits per heavy atom. The quantitative estimate of drug-likeness (QED) is 0.666. The maximum atomic E-state index is 4.32. The second-order valence-electron chi connectivity index (χ2n) is 4.12. The van der Waals surface area contributed by atoms with E-state index < -0.39 is 0 Å². The Hall–Kier alpha value is -2.01. The van der Waals surface area contributed by atoms with Crippen LogP contribution in [0.25, 0.3) is 10.9 Å². The molecule has 0 unspecified atom stereocenters. The number of para-hydroxylation sites is 1. The highest BCUT2D eigenvalue weighted by molar-refractivity contribution is 7.13. The van der Waals surface area contributed by atoms with Crippen molar-refractivity contribution in [2.75, 3.05) is 0 Å². The second-order valence-corrected chi connectivity index (χ2v) is 4.95. The lowest BCUT2D eigenvalue weighted by molar-refractivity contribution is 1.15. The van der Waals surface area contributed by atoms with Gasteiger partial charge in [0.2, 0.25) is 5.13 Å². The normalized spacial score (nSPS) is 11.7. The number of aromatic nitrogens is 2. The van der Waals surface area contributed by atoms with Gasteiger partial charge < -0.3 is 4.98 Å². The van der Waals surface area contributed by atoms with Crippen molar-refractivity contribution in [1.82, 2.24) is 9.97 Å². The zero-order chi connectivity index (χ0) is 12.5. The van der Waals surface area contributed by atoms with E-state index in [-0.39, 0.29) is 0 Å². The molecular weight excluding hydrogens is 244 g/mol. The summed E-state index contributed by atoms with van der Waals surface area (Å²) in [6, 6.07) is 8.08. The van der Waals surface area contributed by atoms with Crippen molar-refractivity contribution in [3.05, 3.63) is 41.0 Å². The first-order valence-corrected chi connectivity index (χ1v) is 6.53. The highest BCUT2D eigenvalue weighted by Crippen LogP contribution is 2.31. The molecular formula is C13H12N4S. The first-order valence-electron chi connectivity index (χ1n) is 5.65. The molecule has 18 heavy (non-hydrogen) atoms. The molecule has 2 aromatic heterocycles. The third-order valence-electron chi connectivity index (χ3n) is 2.70. The predicted molar refractivity (Wildman–Crippen MR) is 74.1 cm³/mol. The number of azo groups is 1. The number of hydrogen-bond donors (Lipinski definition) is 1. The van der Waals surface area contributed by atoms with E-state index in [0.717, 1.165) is 28.0 Å². The minimum Gasteiger partial charge on any atom is -0.357 e. The molecule has 90 valence electrons. The lowest BCUT2D eigenvalue weighted by Crippen LogP contribution is -1.68. The monoisotopic (exact) mass is 256 g/mol. The minimum atomic E-state index is 0.692. The van der Waals surface area contributed by atoms with Gasteiger partial charge in [-0.2, -0.15) is 0 Å². The number of hydrogen-bond acceptors (Lipinski definition) is 4. The number of nitrogens with one attached hydrogen (secondary N) is 1. The van der Waals surface area contributed by atoms with E-state index in [2.05, 4.69) is 20.2 Å². The van der Waals surface area contributed by atoms with Crippen molar-refractivity contribution in [3.8, 4) is 0 Å². The maximum absolute atomic E-state index is 4.32. The van der Waals surface area contributed by atoms with Crippen LogP contribution < -0.4 is 0 Å². The Morgan fingerprint density at radius 2 is 2.00 bits per heavy atom. The number of nitrogens with zero attached hydrogens (tertiary/aromatic N) is 3. The van der Waals surface area contributed by atoms with Gasteiger partial charge in [-0.1, -0.05) is 18.2 Å². The lowest BCUT2D eigenvalue weighted by Gasteiger charge is -1.90. The summed E-state index contributed by atoms with van der Waals surface area (Å²) in [6.45, 7) is 3.95. The molecule has 0 fully saturated rings. The average Bonchev–Trinajstić information content (AvgIpc) is 2.90. The molecule has 4 nitrogen and oxygen atoms in total. The zero-order valence-electron chi connectivity index (χ0n) is 10.1. The Labute approximate surface area is 108 Å². The van der Waals surface area contributed by atoms with Crippen LogP contribution in [0.1, 0.15) is 11.4 Å². The van der Waals surface area contributed by atoms with E-state index in [1.807, 2.05) is 43.5 Å². The number of benzene rings is 1. The first-order chi connectivity index (χ1) is 8.74. The van der Waals surface area contributed by atoms with Gasteiger partial charge in [-0.3, -0.25) is 0 Å². The molecule has 5 heteroatoms. The largest absolute Gasteiger partial charge is 0.357 e. The highest BCUT2D eigenvalue weighted by Gasteiger charge is 2.06. The van der Waals surface area contributed by atoms with Gasteiger partial charge in [0.05, 0.1) is 5.69 Å². The van der Waals surface area contributed by atoms with Crippen molar-refractivity contribution in [3.63, 3.8) is 0 Å². The lowest BCUT2D eigenvalue weighted by atomic mass is 10.2. The first kappa shape index (κ1) is 11.1. The molecule has 0 radical (unpaired) electrons. The van der Waals surface area contributed by atoms with Crippen LogP contribution in [-0.4, -0.2) is 9.97 Å². The minimum absolute atomic E-state index is 0.692. The summed E-state index contributed by atoms with van der Waals surface area (Å²) in [4.78, 5) is 7.57. The van der Waals surface area contributed by atoms with Crippen molar-refractivity contribution in [1.29, 1.82) is 0 Å². The van der Waals surface area contributed by atoms with E-state index >= 15 is 0 Å². The van der Waals surface area contributed by atoms with E-state index in [1.165, 1.54) is 11.3 Å². The van der Waals surface area contributed by atoms with Crippen LogP contribution in [-0.2, 0) is 0 Å². The van der Waals surface area contributed by atoms with Crippen molar-refractivity contribution >= 4 is 33.1 Å².